The Hall–Kier alpha value is -0.530. The maximum Gasteiger partial charge on any atom is 0.0472 e. The molecule has 0 radical (unpaired) electrons. The minimum Gasteiger partial charge on any atom is -0.381 e. The van der Waals surface area contributed by atoms with Crippen LogP contribution in [0.25, 0.3) is 0 Å². The molecule has 0 aromatic heterocycles. The van der Waals surface area contributed by atoms with Gasteiger partial charge in [0, 0.05) is 19.1 Å². The van der Waals surface area contributed by atoms with E-state index in [-0.39, 0.29) is 0 Å². The largest absolute Gasteiger partial charge is 0.381 e. The third-order valence-corrected chi connectivity index (χ3v) is 3.52. The van der Waals surface area contributed by atoms with Gasteiger partial charge in [0.1, 0.15) is 0 Å². The van der Waals surface area contributed by atoms with Crippen molar-refractivity contribution in [2.45, 2.75) is 39.5 Å². The third-order valence-electron chi connectivity index (χ3n) is 3.15. The van der Waals surface area contributed by atoms with Crippen molar-refractivity contribution in [1.82, 2.24) is 0 Å². The Morgan fingerprint density at radius 2 is 1.89 bits per heavy atom. The van der Waals surface area contributed by atoms with Gasteiger partial charge in [-0.1, -0.05) is 43.7 Å². The Labute approximate surface area is 116 Å². The molecule has 102 valence electrons. The fourth-order valence-corrected chi connectivity index (χ4v) is 2.24. The Morgan fingerprint density at radius 1 is 1.17 bits per heavy atom. The molecule has 1 unspecified atom stereocenters. The standard InChI is InChI=1S/C16H25ClO/c1-13(2)7-9-18-10-8-16(12-17)15-6-4-5-14(3)11-15/h4-6,11,13,16H,7-10,12H2,1-3H3. The molecular weight excluding hydrogens is 244 g/mol. The van der Waals surface area contributed by atoms with Gasteiger partial charge in [0.15, 0.2) is 0 Å². The second kappa shape index (κ2) is 8.55. The van der Waals surface area contributed by atoms with E-state index in [4.69, 9.17) is 16.3 Å². The van der Waals surface area contributed by atoms with Crippen LogP contribution in [0.5, 0.6) is 0 Å². The van der Waals surface area contributed by atoms with E-state index in [9.17, 15) is 0 Å². The number of hydrogen-bond donors (Lipinski definition) is 0. The second-order valence-electron chi connectivity index (χ2n) is 5.35. The minimum atomic E-state index is 0.408. The van der Waals surface area contributed by atoms with Crippen LogP contribution in [0.15, 0.2) is 24.3 Å². The molecule has 0 N–H and O–H groups in total. The van der Waals surface area contributed by atoms with Gasteiger partial charge in [0.05, 0.1) is 0 Å². The van der Waals surface area contributed by atoms with Crippen LogP contribution in [0.1, 0.15) is 43.7 Å². The van der Waals surface area contributed by atoms with Gasteiger partial charge >= 0.3 is 0 Å². The van der Waals surface area contributed by atoms with Crippen molar-refractivity contribution < 1.29 is 4.74 Å². The van der Waals surface area contributed by atoms with E-state index in [1.165, 1.54) is 11.1 Å². The minimum absolute atomic E-state index is 0.408. The zero-order valence-corrected chi connectivity index (χ0v) is 12.5. The number of alkyl halides is 1. The summed E-state index contributed by atoms with van der Waals surface area (Å²) in [5.41, 5.74) is 2.63. The fourth-order valence-electron chi connectivity index (χ4n) is 1.90. The first kappa shape index (κ1) is 15.5. The highest BCUT2D eigenvalue weighted by Gasteiger charge is 2.10. The van der Waals surface area contributed by atoms with Crippen molar-refractivity contribution in [3.63, 3.8) is 0 Å². The molecule has 0 bridgehead atoms. The molecule has 0 aliphatic rings. The highest BCUT2D eigenvalue weighted by molar-refractivity contribution is 6.18. The van der Waals surface area contributed by atoms with Gasteiger partial charge in [0.2, 0.25) is 0 Å². The summed E-state index contributed by atoms with van der Waals surface area (Å²) < 4.78 is 5.67. The summed E-state index contributed by atoms with van der Waals surface area (Å²) >= 11 is 6.06. The first-order chi connectivity index (χ1) is 8.63. The molecular formula is C16H25ClO. The van der Waals surface area contributed by atoms with Gasteiger partial charge in [-0.2, -0.15) is 0 Å². The topological polar surface area (TPSA) is 9.23 Å². The number of benzene rings is 1. The monoisotopic (exact) mass is 268 g/mol. The lowest BCUT2D eigenvalue weighted by atomic mass is 9.96. The van der Waals surface area contributed by atoms with Crippen LogP contribution in [0.3, 0.4) is 0 Å². The molecule has 1 rings (SSSR count). The van der Waals surface area contributed by atoms with E-state index >= 15 is 0 Å². The summed E-state index contributed by atoms with van der Waals surface area (Å²) in [4.78, 5) is 0. The lowest BCUT2D eigenvalue weighted by Gasteiger charge is -2.15. The van der Waals surface area contributed by atoms with E-state index in [2.05, 4.69) is 45.0 Å². The van der Waals surface area contributed by atoms with Crippen molar-refractivity contribution in [2.24, 2.45) is 5.92 Å². The van der Waals surface area contributed by atoms with Crippen molar-refractivity contribution in [2.75, 3.05) is 19.1 Å². The van der Waals surface area contributed by atoms with Crippen molar-refractivity contribution in [1.29, 1.82) is 0 Å². The molecule has 0 amide bonds. The van der Waals surface area contributed by atoms with Crippen LogP contribution in [-0.4, -0.2) is 19.1 Å². The third kappa shape index (κ3) is 5.88. The Balaban J connectivity index is 2.34. The van der Waals surface area contributed by atoms with Crippen LogP contribution >= 0.6 is 11.6 Å². The molecule has 0 aliphatic heterocycles. The van der Waals surface area contributed by atoms with Crippen LogP contribution in [0.2, 0.25) is 0 Å². The SMILES string of the molecule is Cc1cccc(C(CCl)CCOCCC(C)C)c1. The summed E-state index contributed by atoms with van der Waals surface area (Å²) in [5.74, 6) is 1.79. The summed E-state index contributed by atoms with van der Waals surface area (Å²) in [6.45, 7) is 8.22. The molecule has 0 saturated heterocycles. The van der Waals surface area contributed by atoms with Gasteiger partial charge in [-0.25, -0.2) is 0 Å². The molecule has 1 nitrogen and oxygen atoms in total. The molecule has 0 spiro atoms. The normalized spacial score (nSPS) is 12.9. The maximum absolute atomic E-state index is 6.06. The molecule has 0 heterocycles. The van der Waals surface area contributed by atoms with Gasteiger partial charge in [-0.05, 0) is 37.2 Å². The van der Waals surface area contributed by atoms with Gasteiger partial charge in [-0.3, -0.25) is 0 Å². The predicted molar refractivity (Wildman–Crippen MR) is 79.5 cm³/mol. The van der Waals surface area contributed by atoms with Gasteiger partial charge in [0.25, 0.3) is 0 Å². The zero-order valence-electron chi connectivity index (χ0n) is 11.8. The Kier molecular flexibility index (Phi) is 7.38. The van der Waals surface area contributed by atoms with E-state index < -0.39 is 0 Å². The van der Waals surface area contributed by atoms with Crippen LogP contribution in [0, 0.1) is 12.8 Å². The number of ether oxygens (including phenoxy) is 1. The Morgan fingerprint density at radius 3 is 2.50 bits per heavy atom. The highest BCUT2D eigenvalue weighted by atomic mass is 35.5. The van der Waals surface area contributed by atoms with E-state index in [1.54, 1.807) is 0 Å². The molecule has 0 fully saturated rings. The molecule has 1 aromatic rings. The average molecular weight is 269 g/mol. The van der Waals surface area contributed by atoms with E-state index in [1.807, 2.05) is 0 Å². The van der Waals surface area contributed by atoms with E-state index in [0.29, 0.717) is 17.7 Å². The second-order valence-corrected chi connectivity index (χ2v) is 5.66. The lowest BCUT2D eigenvalue weighted by Crippen LogP contribution is -2.07. The molecule has 1 aromatic carbocycles. The summed E-state index contributed by atoms with van der Waals surface area (Å²) in [6.07, 6.45) is 2.14. The lowest BCUT2D eigenvalue weighted by molar-refractivity contribution is 0.118. The summed E-state index contributed by atoms with van der Waals surface area (Å²) in [5, 5.41) is 0. The van der Waals surface area contributed by atoms with Crippen LogP contribution in [0.4, 0.5) is 0 Å². The van der Waals surface area contributed by atoms with Gasteiger partial charge < -0.3 is 4.74 Å². The average Bonchev–Trinajstić information content (AvgIpc) is 2.33. The quantitative estimate of drug-likeness (QED) is 0.487. The zero-order chi connectivity index (χ0) is 13.4. The molecule has 18 heavy (non-hydrogen) atoms. The number of rotatable bonds is 8. The van der Waals surface area contributed by atoms with Crippen molar-refractivity contribution in [3.05, 3.63) is 35.4 Å². The number of halogens is 1. The smallest absolute Gasteiger partial charge is 0.0472 e. The van der Waals surface area contributed by atoms with Gasteiger partial charge in [-0.15, -0.1) is 11.6 Å². The number of aryl methyl sites for hydroxylation is 1. The van der Waals surface area contributed by atoms with Crippen molar-refractivity contribution >= 4 is 11.6 Å². The highest BCUT2D eigenvalue weighted by Crippen LogP contribution is 2.22. The molecule has 2 heteroatoms. The number of hydrogen-bond acceptors (Lipinski definition) is 1. The first-order valence-electron chi connectivity index (χ1n) is 6.83. The van der Waals surface area contributed by atoms with Crippen molar-refractivity contribution in [3.8, 4) is 0 Å². The summed E-state index contributed by atoms with van der Waals surface area (Å²) in [7, 11) is 0. The first-order valence-corrected chi connectivity index (χ1v) is 7.37. The summed E-state index contributed by atoms with van der Waals surface area (Å²) in [6, 6.07) is 8.60. The molecule has 0 saturated carbocycles. The molecule has 0 aliphatic carbocycles. The van der Waals surface area contributed by atoms with Crippen LogP contribution < -0.4 is 0 Å². The van der Waals surface area contributed by atoms with Crippen LogP contribution in [-0.2, 0) is 4.74 Å². The fraction of sp³-hybridized carbons (Fsp3) is 0.625. The maximum atomic E-state index is 6.06. The molecule has 1 atom stereocenters. The van der Waals surface area contributed by atoms with E-state index in [0.717, 1.165) is 26.1 Å². The Bertz CT molecular complexity index is 336. The predicted octanol–water partition coefficient (Wildman–Crippen LogP) is 4.77.